The average Bonchev–Trinajstić information content (AvgIpc) is 2.97. The van der Waals surface area contributed by atoms with E-state index in [1.807, 2.05) is 41.9 Å². The highest BCUT2D eigenvalue weighted by atomic mass is 32.1. The molecule has 4 aromatic rings. The van der Waals surface area contributed by atoms with Crippen molar-refractivity contribution in [2.45, 2.75) is 0 Å². The van der Waals surface area contributed by atoms with Crippen LogP contribution in [-0.4, -0.2) is 15.0 Å². The Bertz CT molecular complexity index is 886. The van der Waals surface area contributed by atoms with Crippen LogP contribution in [-0.2, 0) is 0 Å². The number of benzene rings is 2. The number of aromatic nitrogens is 3. The van der Waals surface area contributed by atoms with Crippen molar-refractivity contribution in [3.63, 3.8) is 0 Å². The standard InChI is InChI=1S/C15H10N4S/c1-2-4-10(5-3-1)19-15-11-6-7-12-14(18-9-20-12)13(11)16-8-17-15/h1-9H,(H,16,17,19). The van der Waals surface area contributed by atoms with E-state index in [4.69, 9.17) is 0 Å². The van der Waals surface area contributed by atoms with E-state index in [-0.39, 0.29) is 0 Å². The molecule has 0 amide bonds. The zero-order valence-corrected chi connectivity index (χ0v) is 11.3. The number of thiazole rings is 1. The quantitative estimate of drug-likeness (QED) is 0.602. The van der Waals surface area contributed by atoms with Crippen molar-refractivity contribution in [2.75, 3.05) is 5.32 Å². The summed E-state index contributed by atoms with van der Waals surface area (Å²) in [5, 5.41) is 4.31. The third-order valence-corrected chi connectivity index (χ3v) is 3.94. The number of hydrogen-bond donors (Lipinski definition) is 1. The summed E-state index contributed by atoms with van der Waals surface area (Å²) in [6.07, 6.45) is 1.58. The van der Waals surface area contributed by atoms with Crippen LogP contribution in [0.2, 0.25) is 0 Å². The number of rotatable bonds is 2. The van der Waals surface area contributed by atoms with Gasteiger partial charge in [-0.15, -0.1) is 11.3 Å². The first-order valence-electron chi connectivity index (χ1n) is 6.21. The van der Waals surface area contributed by atoms with Gasteiger partial charge in [0.15, 0.2) is 0 Å². The minimum Gasteiger partial charge on any atom is -0.340 e. The third kappa shape index (κ3) is 1.80. The summed E-state index contributed by atoms with van der Waals surface area (Å²) in [4.78, 5) is 13.1. The van der Waals surface area contributed by atoms with Crippen molar-refractivity contribution in [1.29, 1.82) is 0 Å². The Labute approximate surface area is 119 Å². The minimum absolute atomic E-state index is 0.802. The number of nitrogens with zero attached hydrogens (tertiary/aromatic N) is 3. The van der Waals surface area contributed by atoms with E-state index in [2.05, 4.69) is 26.3 Å². The molecule has 2 aromatic heterocycles. The van der Waals surface area contributed by atoms with Crippen LogP contribution in [0.4, 0.5) is 11.5 Å². The number of para-hydroxylation sites is 1. The van der Waals surface area contributed by atoms with Crippen LogP contribution in [0.15, 0.2) is 54.3 Å². The molecule has 0 aliphatic rings. The van der Waals surface area contributed by atoms with Gasteiger partial charge in [0.05, 0.1) is 10.2 Å². The predicted molar refractivity (Wildman–Crippen MR) is 82.4 cm³/mol. The molecule has 0 aliphatic heterocycles. The maximum atomic E-state index is 4.40. The van der Waals surface area contributed by atoms with Crippen LogP contribution in [0, 0.1) is 0 Å². The highest BCUT2D eigenvalue weighted by Gasteiger charge is 2.09. The molecule has 5 heteroatoms. The van der Waals surface area contributed by atoms with Crippen molar-refractivity contribution < 1.29 is 0 Å². The molecule has 0 fully saturated rings. The summed E-state index contributed by atoms with van der Waals surface area (Å²) in [5.41, 5.74) is 4.67. The first-order chi connectivity index (χ1) is 9.92. The third-order valence-electron chi connectivity index (χ3n) is 3.14. The summed E-state index contributed by atoms with van der Waals surface area (Å²) in [7, 11) is 0. The van der Waals surface area contributed by atoms with Crippen molar-refractivity contribution in [3.8, 4) is 0 Å². The van der Waals surface area contributed by atoms with Crippen molar-refractivity contribution in [2.24, 2.45) is 0 Å². The average molecular weight is 278 g/mol. The Morgan fingerprint density at radius 1 is 0.850 bits per heavy atom. The Balaban J connectivity index is 1.91. The smallest absolute Gasteiger partial charge is 0.141 e. The maximum Gasteiger partial charge on any atom is 0.141 e. The number of nitrogens with one attached hydrogen (secondary N) is 1. The molecular weight excluding hydrogens is 268 g/mol. The molecule has 0 saturated carbocycles. The van der Waals surface area contributed by atoms with E-state index in [1.54, 1.807) is 17.7 Å². The van der Waals surface area contributed by atoms with Gasteiger partial charge >= 0.3 is 0 Å². The fourth-order valence-electron chi connectivity index (χ4n) is 2.21. The predicted octanol–water partition coefficient (Wildman–Crippen LogP) is 3.98. The molecular formula is C15H10N4S. The Morgan fingerprint density at radius 3 is 2.65 bits per heavy atom. The first-order valence-corrected chi connectivity index (χ1v) is 7.09. The summed E-state index contributed by atoms with van der Waals surface area (Å²) in [5.74, 6) is 0.802. The number of fused-ring (bicyclic) bond motifs is 3. The van der Waals surface area contributed by atoms with Gasteiger partial charge in [-0.3, -0.25) is 0 Å². The largest absolute Gasteiger partial charge is 0.340 e. The second kappa shape index (κ2) is 4.54. The molecule has 2 aromatic carbocycles. The summed E-state index contributed by atoms with van der Waals surface area (Å²) in [6, 6.07) is 14.1. The van der Waals surface area contributed by atoms with E-state index in [1.165, 1.54) is 0 Å². The molecule has 0 spiro atoms. The molecule has 0 atom stereocenters. The molecule has 4 nitrogen and oxygen atoms in total. The highest BCUT2D eigenvalue weighted by molar-refractivity contribution is 7.16. The fraction of sp³-hybridized carbons (Fsp3) is 0. The van der Waals surface area contributed by atoms with Crippen LogP contribution < -0.4 is 5.32 Å². The Kier molecular flexibility index (Phi) is 2.57. The zero-order valence-electron chi connectivity index (χ0n) is 10.4. The van der Waals surface area contributed by atoms with E-state index in [0.29, 0.717) is 0 Å². The Hall–Kier alpha value is -2.53. The van der Waals surface area contributed by atoms with Gasteiger partial charge < -0.3 is 5.32 Å². The van der Waals surface area contributed by atoms with Gasteiger partial charge in [-0.25, -0.2) is 15.0 Å². The molecule has 4 rings (SSSR count). The van der Waals surface area contributed by atoms with Gasteiger partial charge in [-0.1, -0.05) is 18.2 Å². The first kappa shape index (κ1) is 11.3. The lowest BCUT2D eigenvalue weighted by molar-refractivity contribution is 1.22. The van der Waals surface area contributed by atoms with Gasteiger partial charge in [-0.05, 0) is 24.3 Å². The lowest BCUT2D eigenvalue weighted by Gasteiger charge is -2.08. The van der Waals surface area contributed by atoms with Gasteiger partial charge in [0, 0.05) is 11.1 Å². The lowest BCUT2D eigenvalue weighted by atomic mass is 10.2. The van der Waals surface area contributed by atoms with Crippen LogP contribution in [0.1, 0.15) is 0 Å². The van der Waals surface area contributed by atoms with Gasteiger partial charge in [0.1, 0.15) is 23.2 Å². The minimum atomic E-state index is 0.802. The van der Waals surface area contributed by atoms with E-state index in [0.717, 1.165) is 32.6 Å². The molecule has 0 bridgehead atoms. The second-order valence-electron chi connectivity index (χ2n) is 4.37. The van der Waals surface area contributed by atoms with Crippen molar-refractivity contribution in [1.82, 2.24) is 15.0 Å². The van der Waals surface area contributed by atoms with Crippen molar-refractivity contribution >= 4 is 44.0 Å². The second-order valence-corrected chi connectivity index (χ2v) is 5.26. The Morgan fingerprint density at radius 2 is 1.75 bits per heavy atom. The maximum absolute atomic E-state index is 4.40. The van der Waals surface area contributed by atoms with Crippen LogP contribution in [0.25, 0.3) is 21.1 Å². The molecule has 0 aliphatic carbocycles. The normalized spacial score (nSPS) is 11.0. The van der Waals surface area contributed by atoms with E-state index >= 15 is 0 Å². The molecule has 0 radical (unpaired) electrons. The SMILES string of the molecule is c1ccc(Nc2ncnc3c2ccc2scnc23)cc1. The van der Waals surface area contributed by atoms with Gasteiger partial charge in [-0.2, -0.15) is 0 Å². The fourth-order valence-corrected chi connectivity index (χ4v) is 2.89. The molecule has 20 heavy (non-hydrogen) atoms. The van der Waals surface area contributed by atoms with Crippen LogP contribution in [0.5, 0.6) is 0 Å². The topological polar surface area (TPSA) is 50.7 Å². The van der Waals surface area contributed by atoms with E-state index in [9.17, 15) is 0 Å². The summed E-state index contributed by atoms with van der Waals surface area (Å²) < 4.78 is 1.14. The number of hydrogen-bond acceptors (Lipinski definition) is 5. The lowest BCUT2D eigenvalue weighted by Crippen LogP contribution is -1.95. The van der Waals surface area contributed by atoms with Crippen molar-refractivity contribution in [3.05, 3.63) is 54.3 Å². The van der Waals surface area contributed by atoms with Gasteiger partial charge in [0.25, 0.3) is 0 Å². The monoisotopic (exact) mass is 278 g/mol. The molecule has 0 saturated heterocycles. The highest BCUT2D eigenvalue weighted by Crippen LogP contribution is 2.29. The number of anilines is 2. The van der Waals surface area contributed by atoms with Gasteiger partial charge in [0.2, 0.25) is 0 Å². The summed E-state index contributed by atoms with van der Waals surface area (Å²) in [6.45, 7) is 0. The zero-order chi connectivity index (χ0) is 13.4. The van der Waals surface area contributed by atoms with E-state index < -0.39 is 0 Å². The molecule has 0 unspecified atom stereocenters. The molecule has 96 valence electrons. The van der Waals surface area contributed by atoms with Crippen LogP contribution in [0.3, 0.4) is 0 Å². The summed E-state index contributed by atoms with van der Waals surface area (Å²) >= 11 is 1.62. The van der Waals surface area contributed by atoms with Crippen LogP contribution >= 0.6 is 11.3 Å². The molecule has 2 heterocycles. The molecule has 1 N–H and O–H groups in total.